The Kier molecular flexibility index (Phi) is 5.51. The zero-order valence-electron chi connectivity index (χ0n) is 10.7. The SMILES string of the molecule is CCC(CC#N)N[C@@H](C)c1cccc(OC)c1. The second-order valence-corrected chi connectivity index (χ2v) is 4.13. The lowest BCUT2D eigenvalue weighted by Crippen LogP contribution is -2.30. The van der Waals surface area contributed by atoms with Crippen LogP contribution < -0.4 is 10.1 Å². The van der Waals surface area contributed by atoms with Crippen molar-refractivity contribution in [2.75, 3.05) is 7.11 Å². The first-order chi connectivity index (χ1) is 8.21. The molecule has 0 bridgehead atoms. The van der Waals surface area contributed by atoms with Gasteiger partial charge in [-0.3, -0.25) is 0 Å². The molecule has 0 radical (unpaired) electrons. The largest absolute Gasteiger partial charge is 0.497 e. The standard InChI is InChI=1S/C14H20N2O/c1-4-13(8-9-15)16-11(2)12-6-5-7-14(10-12)17-3/h5-7,10-11,13,16H,4,8H2,1-3H3/t11-,13?/m0/s1. The Morgan fingerprint density at radius 2 is 2.24 bits per heavy atom. The molecule has 0 aliphatic rings. The third-order valence-corrected chi connectivity index (χ3v) is 2.91. The van der Waals surface area contributed by atoms with Crippen molar-refractivity contribution in [2.45, 2.75) is 38.8 Å². The fourth-order valence-corrected chi connectivity index (χ4v) is 1.79. The summed E-state index contributed by atoms with van der Waals surface area (Å²) >= 11 is 0. The number of rotatable bonds is 6. The van der Waals surface area contributed by atoms with Gasteiger partial charge in [0.25, 0.3) is 0 Å². The van der Waals surface area contributed by atoms with Crippen LogP contribution in [0.3, 0.4) is 0 Å². The molecule has 0 spiro atoms. The van der Waals surface area contributed by atoms with Crippen LogP contribution in [0, 0.1) is 11.3 Å². The predicted octanol–water partition coefficient (Wildman–Crippen LogP) is 3.04. The highest BCUT2D eigenvalue weighted by molar-refractivity contribution is 5.30. The topological polar surface area (TPSA) is 45.0 Å². The molecular weight excluding hydrogens is 212 g/mol. The van der Waals surface area contributed by atoms with Gasteiger partial charge in [0.05, 0.1) is 19.6 Å². The molecular formula is C14H20N2O. The van der Waals surface area contributed by atoms with Crippen LogP contribution in [0.15, 0.2) is 24.3 Å². The third kappa shape index (κ3) is 4.08. The molecule has 2 atom stereocenters. The number of hydrogen-bond acceptors (Lipinski definition) is 3. The maximum absolute atomic E-state index is 8.72. The van der Waals surface area contributed by atoms with E-state index in [-0.39, 0.29) is 12.1 Å². The van der Waals surface area contributed by atoms with E-state index in [1.54, 1.807) is 7.11 Å². The van der Waals surface area contributed by atoms with Crippen molar-refractivity contribution >= 4 is 0 Å². The number of nitrogens with one attached hydrogen (secondary N) is 1. The molecule has 92 valence electrons. The van der Waals surface area contributed by atoms with E-state index in [9.17, 15) is 0 Å². The molecule has 17 heavy (non-hydrogen) atoms. The predicted molar refractivity (Wildman–Crippen MR) is 68.9 cm³/mol. The molecule has 0 aliphatic heterocycles. The van der Waals surface area contributed by atoms with Crippen LogP contribution in [0.5, 0.6) is 5.75 Å². The van der Waals surface area contributed by atoms with E-state index in [0.717, 1.165) is 12.2 Å². The van der Waals surface area contributed by atoms with Crippen molar-refractivity contribution in [3.8, 4) is 11.8 Å². The van der Waals surface area contributed by atoms with Crippen LogP contribution in [0.1, 0.15) is 38.3 Å². The van der Waals surface area contributed by atoms with E-state index < -0.39 is 0 Å². The van der Waals surface area contributed by atoms with Crippen molar-refractivity contribution in [3.05, 3.63) is 29.8 Å². The molecule has 3 heteroatoms. The highest BCUT2D eigenvalue weighted by Gasteiger charge is 2.11. The van der Waals surface area contributed by atoms with Crippen LogP contribution in [-0.2, 0) is 0 Å². The van der Waals surface area contributed by atoms with Gasteiger partial charge in [-0.05, 0) is 31.0 Å². The Bertz CT molecular complexity index is 384. The average Bonchev–Trinajstić information content (AvgIpc) is 2.38. The fourth-order valence-electron chi connectivity index (χ4n) is 1.79. The summed E-state index contributed by atoms with van der Waals surface area (Å²) in [7, 11) is 1.67. The quantitative estimate of drug-likeness (QED) is 0.820. The molecule has 1 aromatic carbocycles. The first-order valence-electron chi connectivity index (χ1n) is 5.98. The molecule has 0 aliphatic carbocycles. The lowest BCUT2D eigenvalue weighted by molar-refractivity contribution is 0.410. The van der Waals surface area contributed by atoms with Gasteiger partial charge in [0.15, 0.2) is 0 Å². The monoisotopic (exact) mass is 232 g/mol. The lowest BCUT2D eigenvalue weighted by atomic mass is 10.1. The van der Waals surface area contributed by atoms with E-state index in [1.807, 2.05) is 18.2 Å². The summed E-state index contributed by atoms with van der Waals surface area (Å²) in [6.45, 7) is 4.20. The second kappa shape index (κ2) is 6.93. The van der Waals surface area contributed by atoms with Gasteiger partial charge in [-0.15, -0.1) is 0 Å². The van der Waals surface area contributed by atoms with Crippen LogP contribution in [-0.4, -0.2) is 13.2 Å². The van der Waals surface area contributed by atoms with E-state index in [4.69, 9.17) is 10.00 Å². The molecule has 1 unspecified atom stereocenters. The number of nitrogens with zero attached hydrogens (tertiary/aromatic N) is 1. The zero-order chi connectivity index (χ0) is 12.7. The Hall–Kier alpha value is -1.53. The Labute approximate surface area is 103 Å². The number of hydrogen-bond donors (Lipinski definition) is 1. The molecule has 1 aromatic rings. The van der Waals surface area contributed by atoms with Crippen molar-refractivity contribution in [1.82, 2.24) is 5.32 Å². The number of benzene rings is 1. The third-order valence-electron chi connectivity index (χ3n) is 2.91. The normalized spacial score (nSPS) is 13.8. The number of ether oxygens (including phenoxy) is 1. The summed E-state index contributed by atoms with van der Waals surface area (Å²) in [4.78, 5) is 0. The smallest absolute Gasteiger partial charge is 0.119 e. The maximum atomic E-state index is 8.72. The molecule has 0 fully saturated rings. The second-order valence-electron chi connectivity index (χ2n) is 4.13. The molecule has 0 amide bonds. The van der Waals surface area contributed by atoms with Crippen LogP contribution in [0.25, 0.3) is 0 Å². The zero-order valence-corrected chi connectivity index (χ0v) is 10.7. The molecule has 0 aromatic heterocycles. The maximum Gasteiger partial charge on any atom is 0.119 e. The minimum absolute atomic E-state index is 0.225. The summed E-state index contributed by atoms with van der Waals surface area (Å²) in [5.74, 6) is 0.865. The molecule has 0 heterocycles. The highest BCUT2D eigenvalue weighted by Crippen LogP contribution is 2.19. The molecule has 0 saturated heterocycles. The number of nitriles is 1. The number of methoxy groups -OCH3 is 1. The molecule has 0 saturated carbocycles. The van der Waals surface area contributed by atoms with Gasteiger partial charge in [0, 0.05) is 12.1 Å². The van der Waals surface area contributed by atoms with Crippen molar-refractivity contribution in [1.29, 1.82) is 5.26 Å². The minimum Gasteiger partial charge on any atom is -0.497 e. The molecule has 1 N–H and O–H groups in total. The van der Waals surface area contributed by atoms with E-state index in [1.165, 1.54) is 5.56 Å². The summed E-state index contributed by atoms with van der Waals surface area (Å²) in [5, 5.41) is 12.2. The highest BCUT2D eigenvalue weighted by atomic mass is 16.5. The van der Waals surface area contributed by atoms with E-state index in [2.05, 4.69) is 31.3 Å². The summed E-state index contributed by atoms with van der Waals surface area (Å²) < 4.78 is 5.20. The Morgan fingerprint density at radius 1 is 1.47 bits per heavy atom. The first-order valence-corrected chi connectivity index (χ1v) is 5.98. The van der Waals surface area contributed by atoms with Gasteiger partial charge in [0.2, 0.25) is 0 Å². The van der Waals surface area contributed by atoms with Crippen LogP contribution in [0.2, 0.25) is 0 Å². The van der Waals surface area contributed by atoms with Crippen molar-refractivity contribution in [3.63, 3.8) is 0 Å². The van der Waals surface area contributed by atoms with Gasteiger partial charge in [-0.2, -0.15) is 5.26 Å². The summed E-state index contributed by atoms with van der Waals surface area (Å²) in [6.07, 6.45) is 1.51. The molecule has 1 rings (SSSR count). The van der Waals surface area contributed by atoms with E-state index in [0.29, 0.717) is 6.42 Å². The van der Waals surface area contributed by atoms with Gasteiger partial charge in [-0.1, -0.05) is 19.1 Å². The Morgan fingerprint density at radius 3 is 2.82 bits per heavy atom. The fraction of sp³-hybridized carbons (Fsp3) is 0.500. The first kappa shape index (κ1) is 13.5. The molecule has 3 nitrogen and oxygen atoms in total. The van der Waals surface area contributed by atoms with Crippen LogP contribution in [0.4, 0.5) is 0 Å². The van der Waals surface area contributed by atoms with Gasteiger partial charge >= 0.3 is 0 Å². The summed E-state index contributed by atoms with van der Waals surface area (Å²) in [6, 6.07) is 10.7. The van der Waals surface area contributed by atoms with Crippen molar-refractivity contribution < 1.29 is 4.74 Å². The minimum atomic E-state index is 0.225. The van der Waals surface area contributed by atoms with Gasteiger partial charge in [0.1, 0.15) is 5.75 Å². The summed E-state index contributed by atoms with van der Waals surface area (Å²) in [5.41, 5.74) is 1.18. The Balaban J connectivity index is 2.68. The van der Waals surface area contributed by atoms with Crippen molar-refractivity contribution in [2.24, 2.45) is 0 Å². The van der Waals surface area contributed by atoms with Gasteiger partial charge < -0.3 is 10.1 Å². The van der Waals surface area contributed by atoms with E-state index >= 15 is 0 Å². The van der Waals surface area contributed by atoms with Crippen LogP contribution >= 0.6 is 0 Å². The average molecular weight is 232 g/mol. The van der Waals surface area contributed by atoms with Gasteiger partial charge in [-0.25, -0.2) is 0 Å². The lowest BCUT2D eigenvalue weighted by Gasteiger charge is -2.20.